The first kappa shape index (κ1) is 29.1. The number of benzene rings is 2. The minimum absolute atomic E-state index is 0.0102. The number of rotatable bonds is 7. The van der Waals surface area contributed by atoms with Crippen LogP contribution in [-0.2, 0) is 20.1 Å². The van der Waals surface area contributed by atoms with E-state index in [1.165, 1.54) is 22.7 Å². The zero-order valence-corrected chi connectivity index (χ0v) is 23.8. The molecular weight excluding hydrogens is 546 g/mol. The van der Waals surface area contributed by atoms with Crippen molar-refractivity contribution in [3.63, 3.8) is 0 Å². The van der Waals surface area contributed by atoms with Crippen LogP contribution in [0.15, 0.2) is 65.4 Å². The highest BCUT2D eigenvalue weighted by Crippen LogP contribution is 2.56. The number of carbonyl (C=O) groups excluding carboxylic acids is 3. The first-order valence-corrected chi connectivity index (χ1v) is 14.6. The summed E-state index contributed by atoms with van der Waals surface area (Å²) in [7, 11) is 1.57. The lowest BCUT2D eigenvalue weighted by Gasteiger charge is -2.54. The lowest BCUT2D eigenvalue weighted by atomic mass is 9.54. The molecule has 5 N–H and O–H groups in total. The molecule has 9 nitrogen and oxygen atoms in total. The summed E-state index contributed by atoms with van der Waals surface area (Å²) >= 11 is 1.54. The third-order valence-electron chi connectivity index (χ3n) is 8.73. The van der Waals surface area contributed by atoms with Crippen LogP contribution in [0.2, 0.25) is 0 Å². The summed E-state index contributed by atoms with van der Waals surface area (Å²) in [6.07, 6.45) is -1.59. The molecule has 0 heterocycles. The minimum Gasteiger partial charge on any atom is -0.508 e. The molecule has 2 aromatic rings. The van der Waals surface area contributed by atoms with E-state index in [0.717, 1.165) is 12.5 Å². The van der Waals surface area contributed by atoms with Crippen molar-refractivity contribution in [2.75, 3.05) is 19.3 Å². The number of thioether (sulfide) groups is 1. The number of aliphatic hydroxyl groups is 4. The van der Waals surface area contributed by atoms with Crippen molar-refractivity contribution < 1.29 is 39.9 Å². The highest BCUT2D eigenvalue weighted by Gasteiger charge is 2.68. The Morgan fingerprint density at radius 1 is 1.05 bits per heavy atom. The molecule has 41 heavy (non-hydrogen) atoms. The molecule has 3 aliphatic carbocycles. The molecule has 2 aromatic carbocycles. The van der Waals surface area contributed by atoms with Crippen molar-refractivity contribution in [3.8, 4) is 5.75 Å². The van der Waals surface area contributed by atoms with E-state index in [1.54, 1.807) is 26.1 Å². The number of phenolic OH excluding ortho intramolecular Hbond substituents is 1. The highest BCUT2D eigenvalue weighted by molar-refractivity contribution is 7.98. The summed E-state index contributed by atoms with van der Waals surface area (Å²) in [4.78, 5) is 41.9. The second-order valence-corrected chi connectivity index (χ2v) is 11.9. The minimum atomic E-state index is -2.86. The fourth-order valence-corrected chi connectivity index (χ4v) is 7.87. The van der Waals surface area contributed by atoms with Crippen LogP contribution in [0.3, 0.4) is 0 Å². The zero-order chi connectivity index (χ0) is 29.8. The van der Waals surface area contributed by atoms with Gasteiger partial charge in [0, 0.05) is 28.9 Å². The maximum Gasteiger partial charge on any atom is 0.202 e. The van der Waals surface area contributed by atoms with E-state index in [1.807, 2.05) is 30.3 Å². The van der Waals surface area contributed by atoms with Gasteiger partial charge >= 0.3 is 0 Å². The molecule has 0 amide bonds. The van der Waals surface area contributed by atoms with Crippen molar-refractivity contribution in [1.82, 2.24) is 4.90 Å². The van der Waals surface area contributed by atoms with Crippen LogP contribution in [0.25, 0.3) is 5.76 Å². The smallest absolute Gasteiger partial charge is 0.202 e. The largest absolute Gasteiger partial charge is 0.508 e. The Kier molecular flexibility index (Phi) is 7.63. The molecule has 1 saturated carbocycles. The summed E-state index contributed by atoms with van der Waals surface area (Å²) in [6.45, 7) is 3.07. The summed E-state index contributed by atoms with van der Waals surface area (Å²) in [6, 6.07) is 13.1. The predicted molar refractivity (Wildman–Crippen MR) is 153 cm³/mol. The number of likely N-dealkylation sites (N-methyl/N-ethyl adjacent to an activating group) is 1. The normalized spacial score (nSPS) is 29.4. The monoisotopic (exact) mass is 579 g/mol. The van der Waals surface area contributed by atoms with Gasteiger partial charge in [0.1, 0.15) is 22.8 Å². The van der Waals surface area contributed by atoms with E-state index >= 15 is 0 Å². The Bertz CT molecular complexity index is 1480. The van der Waals surface area contributed by atoms with E-state index in [9.17, 15) is 39.9 Å². The quantitative estimate of drug-likeness (QED) is 0.309. The number of hydrogen-bond acceptors (Lipinski definition) is 10. The number of nitrogens with zero attached hydrogens (tertiary/aromatic N) is 1. The molecule has 0 spiro atoms. The Morgan fingerprint density at radius 2 is 1.73 bits per heavy atom. The third kappa shape index (κ3) is 4.32. The molecule has 10 heteroatoms. The van der Waals surface area contributed by atoms with Crippen molar-refractivity contribution in [1.29, 1.82) is 0 Å². The first-order valence-electron chi connectivity index (χ1n) is 13.5. The maximum absolute atomic E-state index is 14.3. The molecule has 3 aliphatic rings. The van der Waals surface area contributed by atoms with Crippen LogP contribution in [0.1, 0.15) is 36.5 Å². The number of hydrogen-bond donors (Lipinski definition) is 5. The molecule has 0 aliphatic heterocycles. The van der Waals surface area contributed by atoms with Crippen LogP contribution in [0, 0.1) is 11.8 Å². The lowest BCUT2D eigenvalue weighted by molar-refractivity contribution is -0.170. The molecule has 0 radical (unpaired) electrons. The predicted octanol–water partition coefficient (Wildman–Crippen LogP) is 2.90. The van der Waals surface area contributed by atoms with Crippen LogP contribution < -0.4 is 0 Å². The van der Waals surface area contributed by atoms with Gasteiger partial charge in [0.25, 0.3) is 0 Å². The van der Waals surface area contributed by atoms with Crippen molar-refractivity contribution >= 4 is 34.9 Å². The van der Waals surface area contributed by atoms with Crippen LogP contribution in [0.5, 0.6) is 5.75 Å². The number of aliphatic hydroxyl groups excluding tert-OH is 3. The van der Waals surface area contributed by atoms with Gasteiger partial charge in [-0.3, -0.25) is 19.3 Å². The molecule has 5 rings (SSSR count). The van der Waals surface area contributed by atoms with Crippen molar-refractivity contribution in [2.24, 2.45) is 11.8 Å². The Hall–Kier alpha value is -3.44. The van der Waals surface area contributed by atoms with E-state index in [0.29, 0.717) is 17.1 Å². The number of Topliss-reactive ketones (excluding diaryl/α,β-unsaturated/α-hetero) is 3. The zero-order valence-electron chi connectivity index (χ0n) is 22.9. The van der Waals surface area contributed by atoms with Crippen LogP contribution in [-0.4, -0.2) is 84.9 Å². The van der Waals surface area contributed by atoms with Gasteiger partial charge in [-0.2, -0.15) is 11.8 Å². The van der Waals surface area contributed by atoms with Gasteiger partial charge in [0.05, 0.1) is 23.6 Å². The van der Waals surface area contributed by atoms with E-state index in [-0.39, 0.29) is 23.4 Å². The Balaban J connectivity index is 1.70. The summed E-state index contributed by atoms with van der Waals surface area (Å²) in [5.41, 5.74) is -2.32. The third-order valence-corrected chi connectivity index (χ3v) is 9.86. The molecular formula is C31H33NO8S. The Morgan fingerprint density at radius 3 is 2.37 bits per heavy atom. The number of phenols is 1. The highest BCUT2D eigenvalue weighted by atomic mass is 32.2. The van der Waals surface area contributed by atoms with E-state index < -0.39 is 69.9 Å². The van der Waals surface area contributed by atoms with Gasteiger partial charge in [0.2, 0.25) is 5.78 Å². The molecule has 0 saturated heterocycles. The van der Waals surface area contributed by atoms with Crippen LogP contribution in [0.4, 0.5) is 0 Å². The average molecular weight is 580 g/mol. The average Bonchev–Trinajstić information content (AvgIpc) is 2.94. The second-order valence-electron chi connectivity index (χ2n) is 10.9. The number of carbonyl (C=O) groups is 3. The van der Waals surface area contributed by atoms with Gasteiger partial charge in [-0.15, -0.1) is 0 Å². The lowest BCUT2D eigenvalue weighted by Crippen LogP contribution is -2.70. The molecule has 4 unspecified atom stereocenters. The summed E-state index contributed by atoms with van der Waals surface area (Å²) < 4.78 is 0. The van der Waals surface area contributed by atoms with Gasteiger partial charge in [-0.05, 0) is 37.7 Å². The van der Waals surface area contributed by atoms with Crippen molar-refractivity contribution in [3.05, 3.63) is 82.1 Å². The van der Waals surface area contributed by atoms with E-state index in [4.69, 9.17) is 0 Å². The standard InChI is InChI=1S/C31H33NO8S/c1-4-32(3)25-24-27(36)22-18(14-41-13-16-9-6-5-7-10-16)17-11-8-12-19(34)21(17)26(35)23(22)30(39)31(24,40)29(38)20(15(2)33)28(25)37/h5-12,18,22,24-25,27,34-36,38,40H,4,13-14H2,1-3H3/t18?,22?,24?,25-,27?,31+/m0/s1. The SMILES string of the molecule is CCN(C)[C@@H]1C(=O)C(C(C)=O)=C(O)[C@@]2(O)C(=O)C3=C(O)c4c(O)cccc4C(CSCc4ccccc4)C3C(O)C12. The first-order chi connectivity index (χ1) is 19.5. The topological polar surface area (TPSA) is 156 Å². The summed E-state index contributed by atoms with van der Waals surface area (Å²) in [5.74, 6) is -6.98. The van der Waals surface area contributed by atoms with E-state index in [2.05, 4.69) is 0 Å². The molecule has 216 valence electrons. The fourth-order valence-electron chi connectivity index (χ4n) is 6.69. The molecule has 0 bridgehead atoms. The molecule has 6 atom stereocenters. The summed E-state index contributed by atoms with van der Waals surface area (Å²) in [5, 5.41) is 57.3. The molecule has 1 fully saturated rings. The van der Waals surface area contributed by atoms with Gasteiger partial charge < -0.3 is 25.5 Å². The number of ketones is 3. The van der Waals surface area contributed by atoms with Crippen LogP contribution >= 0.6 is 11.8 Å². The Labute approximate surface area is 241 Å². The van der Waals surface area contributed by atoms with Gasteiger partial charge in [0.15, 0.2) is 17.2 Å². The van der Waals surface area contributed by atoms with Crippen molar-refractivity contribution in [2.45, 2.75) is 43.3 Å². The second kappa shape index (κ2) is 10.8. The fraction of sp³-hybridized carbons (Fsp3) is 0.387. The molecule has 0 aromatic heterocycles. The number of fused-ring (bicyclic) bond motifs is 3. The van der Waals surface area contributed by atoms with Gasteiger partial charge in [-0.25, -0.2) is 0 Å². The maximum atomic E-state index is 14.3. The number of aromatic hydroxyl groups is 1. The van der Waals surface area contributed by atoms with Gasteiger partial charge in [-0.1, -0.05) is 49.4 Å².